The van der Waals surface area contributed by atoms with E-state index in [1.165, 1.54) is 25.3 Å². The molecule has 0 bridgehead atoms. The van der Waals surface area contributed by atoms with Gasteiger partial charge in [0.25, 0.3) is 10.0 Å². The van der Waals surface area contributed by atoms with E-state index in [4.69, 9.17) is 9.47 Å². The van der Waals surface area contributed by atoms with Gasteiger partial charge in [-0.1, -0.05) is 12.1 Å². The Morgan fingerprint density at radius 2 is 1.72 bits per heavy atom. The van der Waals surface area contributed by atoms with E-state index in [1.807, 2.05) is 6.07 Å². The fourth-order valence-corrected chi connectivity index (χ4v) is 3.85. The number of rotatable bonds is 8. The number of carbonyl (C=O) groups is 1. The highest BCUT2D eigenvalue weighted by molar-refractivity contribution is 7.92. The molecule has 0 atom stereocenters. The van der Waals surface area contributed by atoms with Gasteiger partial charge in [0, 0.05) is 11.8 Å². The molecule has 32 heavy (non-hydrogen) atoms. The van der Waals surface area contributed by atoms with Crippen LogP contribution in [-0.2, 0) is 14.8 Å². The number of anilines is 2. The van der Waals surface area contributed by atoms with Gasteiger partial charge in [0.05, 0.1) is 24.8 Å². The SMILES string of the molecule is COc1cccc(/C=C/C(=O)Nc2ccc(OC)c(NS(=O)(=O)c3ccc(F)cc3)c2)c1. The quantitative estimate of drug-likeness (QED) is 0.493. The van der Waals surface area contributed by atoms with Gasteiger partial charge in [-0.15, -0.1) is 0 Å². The molecule has 0 heterocycles. The Morgan fingerprint density at radius 3 is 2.41 bits per heavy atom. The molecule has 0 aromatic heterocycles. The number of hydrogen-bond acceptors (Lipinski definition) is 5. The van der Waals surface area contributed by atoms with E-state index in [1.54, 1.807) is 37.5 Å². The Morgan fingerprint density at radius 1 is 0.969 bits per heavy atom. The Labute approximate surface area is 185 Å². The third kappa shape index (κ3) is 5.86. The zero-order chi connectivity index (χ0) is 23.1. The maximum absolute atomic E-state index is 13.1. The van der Waals surface area contributed by atoms with Crippen molar-refractivity contribution in [3.05, 3.63) is 84.2 Å². The smallest absolute Gasteiger partial charge is 0.262 e. The van der Waals surface area contributed by atoms with Gasteiger partial charge in [-0.25, -0.2) is 12.8 Å². The van der Waals surface area contributed by atoms with Crippen molar-refractivity contribution < 1.29 is 27.1 Å². The zero-order valence-corrected chi connectivity index (χ0v) is 18.1. The standard InChI is InChI=1S/C23H21FN2O5S/c1-30-19-5-3-4-16(14-19)6-13-23(27)25-18-9-12-22(31-2)21(15-18)26-32(28,29)20-10-7-17(24)8-11-20/h3-15,26H,1-2H3,(H,25,27)/b13-6+. The van der Waals surface area contributed by atoms with E-state index >= 15 is 0 Å². The molecule has 0 unspecified atom stereocenters. The maximum Gasteiger partial charge on any atom is 0.262 e. The van der Waals surface area contributed by atoms with Crippen molar-refractivity contribution in [1.82, 2.24) is 0 Å². The summed E-state index contributed by atoms with van der Waals surface area (Å²) in [6.07, 6.45) is 2.97. The molecular weight excluding hydrogens is 435 g/mol. The van der Waals surface area contributed by atoms with Crippen LogP contribution >= 0.6 is 0 Å². The number of methoxy groups -OCH3 is 2. The van der Waals surface area contributed by atoms with Gasteiger partial charge >= 0.3 is 0 Å². The fraction of sp³-hybridized carbons (Fsp3) is 0.0870. The topological polar surface area (TPSA) is 93.7 Å². The first-order valence-electron chi connectivity index (χ1n) is 9.40. The molecule has 3 aromatic rings. The molecule has 166 valence electrons. The predicted octanol–water partition coefficient (Wildman–Crippen LogP) is 4.30. The fourth-order valence-electron chi connectivity index (χ4n) is 2.78. The summed E-state index contributed by atoms with van der Waals surface area (Å²) in [6.45, 7) is 0. The number of sulfonamides is 1. The van der Waals surface area contributed by atoms with Crippen molar-refractivity contribution in [3.8, 4) is 11.5 Å². The average Bonchev–Trinajstić information content (AvgIpc) is 2.78. The monoisotopic (exact) mass is 456 g/mol. The van der Waals surface area contributed by atoms with Crippen LogP contribution in [0.25, 0.3) is 6.08 Å². The molecule has 2 N–H and O–H groups in total. The van der Waals surface area contributed by atoms with Crippen molar-refractivity contribution in [3.63, 3.8) is 0 Å². The number of ether oxygens (including phenoxy) is 2. The van der Waals surface area contributed by atoms with E-state index in [2.05, 4.69) is 10.0 Å². The van der Waals surface area contributed by atoms with Gasteiger partial charge in [-0.05, 0) is 66.2 Å². The molecular formula is C23H21FN2O5S. The van der Waals surface area contributed by atoms with Crippen molar-refractivity contribution in [2.45, 2.75) is 4.90 Å². The van der Waals surface area contributed by atoms with E-state index in [9.17, 15) is 17.6 Å². The zero-order valence-electron chi connectivity index (χ0n) is 17.3. The minimum absolute atomic E-state index is 0.114. The molecule has 0 aliphatic heterocycles. The van der Waals surface area contributed by atoms with Crippen LogP contribution in [0.3, 0.4) is 0 Å². The van der Waals surface area contributed by atoms with Crippen LogP contribution < -0.4 is 19.5 Å². The van der Waals surface area contributed by atoms with E-state index in [0.29, 0.717) is 11.4 Å². The minimum Gasteiger partial charge on any atom is -0.497 e. The second-order valence-corrected chi connectivity index (χ2v) is 8.26. The summed E-state index contributed by atoms with van der Waals surface area (Å²) in [5, 5.41) is 2.67. The Balaban J connectivity index is 1.77. The lowest BCUT2D eigenvalue weighted by atomic mass is 10.2. The lowest BCUT2D eigenvalue weighted by molar-refractivity contribution is -0.111. The number of halogens is 1. The first-order chi connectivity index (χ1) is 15.3. The van der Waals surface area contributed by atoms with Crippen LogP contribution in [-0.4, -0.2) is 28.5 Å². The van der Waals surface area contributed by atoms with Gasteiger partial charge in [0.15, 0.2) is 0 Å². The molecule has 9 heteroatoms. The largest absolute Gasteiger partial charge is 0.497 e. The van der Waals surface area contributed by atoms with Crippen LogP contribution in [0.2, 0.25) is 0 Å². The minimum atomic E-state index is -4.00. The number of carbonyl (C=O) groups excluding carboxylic acids is 1. The van der Waals surface area contributed by atoms with E-state index in [0.717, 1.165) is 29.8 Å². The Hall–Kier alpha value is -3.85. The number of benzene rings is 3. The summed E-state index contributed by atoms with van der Waals surface area (Å²) in [5.74, 6) is -0.0417. The highest BCUT2D eigenvalue weighted by Gasteiger charge is 2.17. The van der Waals surface area contributed by atoms with E-state index < -0.39 is 21.7 Å². The molecule has 0 aliphatic rings. The number of nitrogens with one attached hydrogen (secondary N) is 2. The molecule has 0 saturated heterocycles. The molecule has 0 radical (unpaired) electrons. The third-order valence-corrected chi connectivity index (χ3v) is 5.74. The Kier molecular flexibility index (Phi) is 7.11. The summed E-state index contributed by atoms with van der Waals surface area (Å²) in [6, 6.07) is 16.1. The third-order valence-electron chi connectivity index (χ3n) is 4.36. The first kappa shape index (κ1) is 22.8. The van der Waals surface area contributed by atoms with Crippen LogP contribution in [0.15, 0.2) is 77.7 Å². The van der Waals surface area contributed by atoms with Crippen LogP contribution in [0.4, 0.5) is 15.8 Å². The predicted molar refractivity (Wildman–Crippen MR) is 121 cm³/mol. The summed E-state index contributed by atoms with van der Waals surface area (Å²) in [7, 11) is -1.05. The molecule has 1 amide bonds. The summed E-state index contributed by atoms with van der Waals surface area (Å²) < 4.78 is 51.1. The molecule has 0 aliphatic carbocycles. The summed E-state index contributed by atoms with van der Waals surface area (Å²) in [4.78, 5) is 12.2. The molecule has 0 spiro atoms. The van der Waals surface area contributed by atoms with Crippen molar-refractivity contribution in [2.75, 3.05) is 24.3 Å². The van der Waals surface area contributed by atoms with Crippen molar-refractivity contribution in [1.29, 1.82) is 0 Å². The number of amides is 1. The van der Waals surface area contributed by atoms with Gasteiger partial charge in [0.2, 0.25) is 5.91 Å². The second-order valence-electron chi connectivity index (χ2n) is 6.57. The van der Waals surface area contributed by atoms with Gasteiger partial charge in [-0.3, -0.25) is 9.52 Å². The summed E-state index contributed by atoms with van der Waals surface area (Å²) >= 11 is 0. The highest BCUT2D eigenvalue weighted by Crippen LogP contribution is 2.30. The van der Waals surface area contributed by atoms with Crippen molar-refractivity contribution in [2.24, 2.45) is 0 Å². The normalized spacial score (nSPS) is 11.2. The number of hydrogen-bond donors (Lipinski definition) is 2. The first-order valence-corrected chi connectivity index (χ1v) is 10.9. The lowest BCUT2D eigenvalue weighted by Gasteiger charge is -2.13. The lowest BCUT2D eigenvalue weighted by Crippen LogP contribution is -2.14. The highest BCUT2D eigenvalue weighted by atomic mass is 32.2. The molecule has 0 fully saturated rings. The van der Waals surface area contributed by atoms with Crippen LogP contribution in [0.5, 0.6) is 11.5 Å². The summed E-state index contributed by atoms with van der Waals surface area (Å²) in [5.41, 5.74) is 1.25. The molecule has 0 saturated carbocycles. The average molecular weight is 456 g/mol. The van der Waals surface area contributed by atoms with Gasteiger partial charge in [0.1, 0.15) is 17.3 Å². The van der Waals surface area contributed by atoms with Crippen LogP contribution in [0, 0.1) is 5.82 Å². The molecule has 3 rings (SSSR count). The molecule has 3 aromatic carbocycles. The second kappa shape index (κ2) is 9.97. The van der Waals surface area contributed by atoms with Crippen LogP contribution in [0.1, 0.15) is 5.56 Å². The van der Waals surface area contributed by atoms with Crippen molar-refractivity contribution >= 4 is 33.4 Å². The Bertz CT molecular complexity index is 1240. The van der Waals surface area contributed by atoms with Gasteiger partial charge in [-0.2, -0.15) is 0 Å². The maximum atomic E-state index is 13.1. The van der Waals surface area contributed by atoms with E-state index in [-0.39, 0.29) is 16.3 Å². The molecule has 7 nitrogen and oxygen atoms in total. The van der Waals surface area contributed by atoms with Gasteiger partial charge < -0.3 is 14.8 Å².